The molecule has 0 unspecified atom stereocenters. The van der Waals surface area contributed by atoms with E-state index in [2.05, 4.69) is 5.32 Å². The van der Waals surface area contributed by atoms with Gasteiger partial charge >= 0.3 is 5.97 Å². The first-order chi connectivity index (χ1) is 18.6. The van der Waals surface area contributed by atoms with Crippen molar-refractivity contribution in [1.82, 2.24) is 9.36 Å². The molecule has 0 aliphatic heterocycles. The van der Waals surface area contributed by atoms with Crippen molar-refractivity contribution in [3.8, 4) is 5.69 Å². The van der Waals surface area contributed by atoms with Crippen LogP contribution in [0.3, 0.4) is 0 Å². The van der Waals surface area contributed by atoms with Gasteiger partial charge in [0, 0.05) is 24.2 Å². The number of ether oxygens (including phenoxy) is 1. The van der Waals surface area contributed by atoms with Crippen molar-refractivity contribution in [3.63, 3.8) is 0 Å². The van der Waals surface area contributed by atoms with Crippen LogP contribution >= 0.6 is 11.6 Å². The lowest BCUT2D eigenvalue weighted by atomic mass is 9.98. The van der Waals surface area contributed by atoms with Gasteiger partial charge in [-0.25, -0.2) is 9.48 Å². The Kier molecular flexibility index (Phi) is 7.73. The van der Waals surface area contributed by atoms with Crippen LogP contribution in [-0.2, 0) is 16.6 Å². The van der Waals surface area contributed by atoms with Crippen molar-refractivity contribution in [2.75, 3.05) is 11.9 Å². The van der Waals surface area contributed by atoms with E-state index < -0.39 is 40.4 Å². The van der Waals surface area contributed by atoms with E-state index in [1.807, 2.05) is 6.07 Å². The average Bonchev–Trinajstić information content (AvgIpc) is 3.14. The fraction of sp³-hybridized carbons (Fsp3) is 0.111. The first-order valence-electron chi connectivity index (χ1n) is 11.5. The molecule has 12 heteroatoms. The number of nitro groups is 1. The smallest absolute Gasteiger partial charge is 0.339 e. The van der Waals surface area contributed by atoms with E-state index in [4.69, 9.17) is 16.3 Å². The Morgan fingerprint density at radius 2 is 1.64 bits per heavy atom. The molecule has 1 N–H and O–H groups in total. The van der Waals surface area contributed by atoms with Gasteiger partial charge in [0.25, 0.3) is 17.2 Å². The monoisotopic (exact) mass is 548 g/mol. The fourth-order valence-corrected chi connectivity index (χ4v) is 4.09. The maximum absolute atomic E-state index is 13.1. The average molecular weight is 549 g/mol. The minimum absolute atomic E-state index is 0.0299. The Labute approximate surface area is 226 Å². The van der Waals surface area contributed by atoms with Gasteiger partial charge in [-0.1, -0.05) is 48.0 Å². The van der Waals surface area contributed by atoms with Crippen LogP contribution in [0.25, 0.3) is 5.69 Å². The lowest BCUT2D eigenvalue weighted by Gasteiger charge is -2.09. The Hall–Kier alpha value is -5.03. The summed E-state index contributed by atoms with van der Waals surface area (Å²) in [5.41, 5.74) is -0.0837. The number of ketones is 1. The zero-order chi connectivity index (χ0) is 28.3. The van der Waals surface area contributed by atoms with Crippen LogP contribution in [0.2, 0.25) is 5.02 Å². The third-order valence-corrected chi connectivity index (χ3v) is 6.27. The highest BCUT2D eigenvalue weighted by Crippen LogP contribution is 2.27. The third-order valence-electron chi connectivity index (χ3n) is 5.95. The van der Waals surface area contributed by atoms with Crippen molar-refractivity contribution >= 4 is 40.6 Å². The van der Waals surface area contributed by atoms with Gasteiger partial charge < -0.3 is 10.1 Å². The molecule has 1 heterocycles. The normalized spacial score (nSPS) is 10.6. The number of amides is 1. The first kappa shape index (κ1) is 27.0. The van der Waals surface area contributed by atoms with Gasteiger partial charge in [-0.05, 0) is 37.3 Å². The van der Waals surface area contributed by atoms with E-state index in [0.29, 0.717) is 11.4 Å². The van der Waals surface area contributed by atoms with Crippen LogP contribution in [0.4, 0.5) is 11.4 Å². The number of nitrogens with zero attached hydrogens (tertiary/aromatic N) is 3. The van der Waals surface area contributed by atoms with Gasteiger partial charge in [-0.3, -0.25) is 29.2 Å². The van der Waals surface area contributed by atoms with E-state index in [1.54, 1.807) is 42.9 Å². The van der Waals surface area contributed by atoms with E-state index in [1.165, 1.54) is 41.1 Å². The van der Waals surface area contributed by atoms with Crippen LogP contribution in [0.1, 0.15) is 32.0 Å². The van der Waals surface area contributed by atoms with Gasteiger partial charge in [-0.15, -0.1) is 0 Å². The van der Waals surface area contributed by atoms with Gasteiger partial charge in [0.15, 0.2) is 12.4 Å². The molecule has 0 atom stereocenters. The quantitative estimate of drug-likeness (QED) is 0.151. The summed E-state index contributed by atoms with van der Waals surface area (Å²) in [5.74, 6) is -2.40. The van der Waals surface area contributed by atoms with Gasteiger partial charge in [-0.2, -0.15) is 0 Å². The molecular formula is C27H21ClN4O7. The molecule has 39 heavy (non-hydrogen) atoms. The predicted octanol–water partition coefficient (Wildman–Crippen LogP) is 4.07. The number of hydrogen-bond acceptors (Lipinski definition) is 7. The Morgan fingerprint density at radius 3 is 2.31 bits per heavy atom. The summed E-state index contributed by atoms with van der Waals surface area (Å²) >= 11 is 5.83. The number of carbonyl (C=O) groups is 3. The van der Waals surface area contributed by atoms with E-state index in [0.717, 1.165) is 6.07 Å². The van der Waals surface area contributed by atoms with E-state index in [9.17, 15) is 29.3 Å². The maximum atomic E-state index is 13.1. The number of aromatic nitrogens is 2. The zero-order valence-corrected chi connectivity index (χ0v) is 21.5. The summed E-state index contributed by atoms with van der Waals surface area (Å²) in [6, 6.07) is 18.1. The third kappa shape index (κ3) is 5.48. The fourth-order valence-electron chi connectivity index (χ4n) is 3.91. The van der Waals surface area contributed by atoms with Gasteiger partial charge in [0.05, 0.1) is 21.9 Å². The lowest BCUT2D eigenvalue weighted by Crippen LogP contribution is -2.26. The summed E-state index contributed by atoms with van der Waals surface area (Å²) in [5, 5.41) is 13.5. The molecule has 0 saturated carbocycles. The van der Waals surface area contributed by atoms with E-state index >= 15 is 0 Å². The lowest BCUT2D eigenvalue weighted by molar-refractivity contribution is -0.384. The molecular weight excluding hydrogens is 528 g/mol. The summed E-state index contributed by atoms with van der Waals surface area (Å²) < 4.78 is 8.10. The number of rotatable bonds is 8. The Balaban J connectivity index is 1.50. The number of hydrogen-bond donors (Lipinski definition) is 1. The largest absolute Gasteiger partial charge is 0.452 e. The van der Waals surface area contributed by atoms with E-state index in [-0.39, 0.29) is 27.4 Å². The van der Waals surface area contributed by atoms with Crippen molar-refractivity contribution in [1.29, 1.82) is 0 Å². The maximum Gasteiger partial charge on any atom is 0.339 e. The number of benzene rings is 3. The molecule has 0 aliphatic carbocycles. The number of halogens is 1. The van der Waals surface area contributed by atoms with Gasteiger partial charge in [0.1, 0.15) is 10.7 Å². The molecule has 198 valence electrons. The topological polar surface area (TPSA) is 143 Å². The number of esters is 1. The molecule has 1 amide bonds. The Bertz CT molecular complexity index is 1680. The molecule has 0 radical (unpaired) electrons. The number of para-hydroxylation sites is 1. The van der Waals surface area contributed by atoms with Crippen LogP contribution < -0.4 is 10.9 Å². The highest BCUT2D eigenvalue weighted by Gasteiger charge is 2.23. The molecule has 0 spiro atoms. The first-order valence-corrected chi connectivity index (χ1v) is 11.9. The van der Waals surface area contributed by atoms with Crippen molar-refractivity contribution < 1.29 is 24.0 Å². The minimum Gasteiger partial charge on any atom is -0.452 e. The molecule has 0 saturated heterocycles. The summed E-state index contributed by atoms with van der Waals surface area (Å²) in [4.78, 5) is 61.9. The van der Waals surface area contributed by atoms with Crippen LogP contribution in [0.5, 0.6) is 0 Å². The molecule has 0 aliphatic rings. The molecule has 11 nitrogen and oxygen atoms in total. The number of nitrogens with one attached hydrogen (secondary N) is 1. The highest BCUT2D eigenvalue weighted by atomic mass is 35.5. The molecule has 3 aromatic carbocycles. The van der Waals surface area contributed by atoms with Crippen molar-refractivity contribution in [2.45, 2.75) is 6.92 Å². The number of anilines is 1. The molecule has 1 aromatic heterocycles. The molecule has 0 fully saturated rings. The van der Waals surface area contributed by atoms with Crippen molar-refractivity contribution in [2.24, 2.45) is 7.05 Å². The summed E-state index contributed by atoms with van der Waals surface area (Å²) in [6.07, 6.45) is 0. The minimum atomic E-state index is -0.968. The van der Waals surface area contributed by atoms with Crippen LogP contribution in [0, 0.1) is 17.0 Å². The SMILES string of the molecule is Cc1c(NC(=O)COC(=O)c2ccccc2C(=O)c2ccc(Cl)c([N+](=O)[O-])c2)c(=O)n(-c2ccccc2)n1C. The molecule has 0 bridgehead atoms. The Morgan fingerprint density at radius 1 is 1.00 bits per heavy atom. The summed E-state index contributed by atoms with van der Waals surface area (Å²) in [7, 11) is 1.67. The molecule has 4 rings (SSSR count). The van der Waals surface area contributed by atoms with Crippen LogP contribution in [-0.4, -0.2) is 38.6 Å². The standard InChI is InChI=1S/C27H21ClN4O7/c1-16-24(26(35)31(30(16)2)18-8-4-3-5-9-18)29-23(33)15-39-27(36)20-11-7-6-10-19(20)25(34)17-12-13-21(28)22(14-17)32(37)38/h3-14H,15H2,1-2H3,(H,29,33). The van der Waals surface area contributed by atoms with Crippen molar-refractivity contribution in [3.05, 3.63) is 121 Å². The van der Waals surface area contributed by atoms with Crippen LogP contribution in [0.15, 0.2) is 77.6 Å². The van der Waals surface area contributed by atoms with Gasteiger partial charge in [0.2, 0.25) is 0 Å². The second-order valence-corrected chi connectivity index (χ2v) is 8.77. The predicted molar refractivity (Wildman–Crippen MR) is 143 cm³/mol. The second-order valence-electron chi connectivity index (χ2n) is 8.36. The number of nitro benzene ring substituents is 1. The summed E-state index contributed by atoms with van der Waals surface area (Å²) in [6.45, 7) is 0.929. The molecule has 4 aromatic rings. The number of carbonyl (C=O) groups excluding carboxylic acids is 3. The second kappa shape index (κ2) is 11.2. The highest BCUT2D eigenvalue weighted by molar-refractivity contribution is 6.33. The zero-order valence-electron chi connectivity index (χ0n) is 20.7.